The summed E-state index contributed by atoms with van der Waals surface area (Å²) in [6, 6.07) is 9.91. The molecule has 2 nitrogen and oxygen atoms in total. The van der Waals surface area contributed by atoms with Crippen LogP contribution in [-0.4, -0.2) is 14.3 Å². The smallest absolute Gasteiger partial charge is 0.320 e. The van der Waals surface area contributed by atoms with E-state index in [-0.39, 0.29) is 5.97 Å². The number of benzene rings is 1. The molecule has 0 spiro atoms. The van der Waals surface area contributed by atoms with Crippen LogP contribution in [0.1, 0.15) is 13.3 Å². The summed E-state index contributed by atoms with van der Waals surface area (Å²) in [5.41, 5.74) is 0.538. The van der Waals surface area contributed by atoms with Crippen molar-refractivity contribution in [1.29, 1.82) is 0 Å². The lowest BCUT2D eigenvalue weighted by Crippen LogP contribution is -2.46. The van der Waals surface area contributed by atoms with Gasteiger partial charge >= 0.3 is 5.97 Å². The third-order valence-electron chi connectivity index (χ3n) is 2.53. The molecule has 0 unspecified atom stereocenters. The van der Waals surface area contributed by atoms with Crippen LogP contribution in [-0.2, 0) is 9.22 Å². The van der Waals surface area contributed by atoms with Crippen LogP contribution in [0.25, 0.3) is 0 Å². The second-order valence-corrected chi connectivity index (χ2v) is 8.03. The van der Waals surface area contributed by atoms with Gasteiger partial charge in [-0.1, -0.05) is 43.8 Å². The number of carbonyl (C=O) groups is 1. The van der Waals surface area contributed by atoms with Gasteiger partial charge in [0.1, 0.15) is 0 Å². The van der Waals surface area contributed by atoms with Gasteiger partial charge in [0.2, 0.25) is 0 Å². The van der Waals surface area contributed by atoms with E-state index in [1.165, 1.54) is 0 Å². The van der Waals surface area contributed by atoms with Crippen molar-refractivity contribution in [3.8, 4) is 0 Å². The van der Waals surface area contributed by atoms with Gasteiger partial charge in [-0.25, -0.2) is 4.79 Å². The van der Waals surface area contributed by atoms with E-state index in [0.717, 1.165) is 5.19 Å². The van der Waals surface area contributed by atoms with Crippen LogP contribution < -0.4 is 5.19 Å². The lowest BCUT2D eigenvalue weighted by atomic mass is 10.2. The van der Waals surface area contributed by atoms with Gasteiger partial charge in [-0.15, -0.1) is 0 Å². The van der Waals surface area contributed by atoms with Crippen LogP contribution in [0.4, 0.5) is 0 Å². The molecule has 0 saturated carbocycles. The lowest BCUT2D eigenvalue weighted by molar-refractivity contribution is -0.130. The van der Waals surface area contributed by atoms with Crippen LogP contribution in [0, 0.1) is 0 Å². The topological polar surface area (TPSA) is 26.3 Å². The van der Waals surface area contributed by atoms with Crippen LogP contribution in [0.3, 0.4) is 0 Å². The number of hydrogen-bond acceptors (Lipinski definition) is 2. The molecule has 86 valence electrons. The summed E-state index contributed by atoms with van der Waals surface area (Å²) < 4.78 is 5.58. The maximum Gasteiger partial charge on any atom is 0.320 e. The van der Waals surface area contributed by atoms with E-state index in [1.54, 1.807) is 0 Å². The highest BCUT2D eigenvalue weighted by Crippen LogP contribution is 2.10. The molecule has 1 aromatic carbocycles. The largest absolute Gasteiger partial charge is 0.512 e. The molecule has 16 heavy (non-hydrogen) atoms. The average Bonchev–Trinajstić information content (AvgIpc) is 2.28. The highest BCUT2D eigenvalue weighted by molar-refractivity contribution is 6.85. The summed E-state index contributed by atoms with van der Waals surface area (Å²) in [6.45, 7) is 9.64. The van der Waals surface area contributed by atoms with Crippen LogP contribution >= 0.6 is 0 Å². The van der Waals surface area contributed by atoms with Crippen molar-refractivity contribution < 1.29 is 9.22 Å². The van der Waals surface area contributed by atoms with Gasteiger partial charge in [0.25, 0.3) is 8.32 Å². The first kappa shape index (κ1) is 12.7. The molecule has 0 aliphatic rings. The van der Waals surface area contributed by atoms with Gasteiger partial charge in [0, 0.05) is 5.57 Å². The normalized spacial score (nSPS) is 10.9. The second-order valence-electron chi connectivity index (χ2n) is 4.22. The Morgan fingerprint density at radius 1 is 1.31 bits per heavy atom. The van der Waals surface area contributed by atoms with Crippen LogP contribution in [0.15, 0.2) is 42.5 Å². The second kappa shape index (κ2) is 5.12. The van der Waals surface area contributed by atoms with E-state index in [2.05, 4.69) is 6.58 Å². The van der Waals surface area contributed by atoms with E-state index in [9.17, 15) is 4.79 Å². The summed E-state index contributed by atoms with van der Waals surface area (Å²) >= 11 is 0. The molecule has 1 aromatic rings. The highest BCUT2D eigenvalue weighted by atomic mass is 28.4. The highest BCUT2D eigenvalue weighted by Gasteiger charge is 2.29. The zero-order valence-corrected chi connectivity index (χ0v) is 11.1. The molecule has 3 heteroatoms. The fraction of sp³-hybridized carbons (Fsp3) is 0.308. The van der Waals surface area contributed by atoms with Crippen LogP contribution in [0.5, 0.6) is 0 Å². The molecule has 0 aromatic heterocycles. The Labute approximate surface area is 98.1 Å². The first-order valence-corrected chi connectivity index (χ1v) is 8.35. The Kier molecular flexibility index (Phi) is 4.07. The van der Waals surface area contributed by atoms with Gasteiger partial charge in [-0.3, -0.25) is 0 Å². The fourth-order valence-corrected chi connectivity index (χ4v) is 3.07. The molecular weight excluding hydrogens is 216 g/mol. The van der Waals surface area contributed by atoms with Crippen molar-refractivity contribution in [2.75, 3.05) is 0 Å². The molecule has 0 N–H and O–H groups in total. The minimum absolute atomic E-state index is 0.261. The third-order valence-corrected chi connectivity index (χ3v) is 4.95. The monoisotopic (exact) mass is 234 g/mol. The zero-order chi connectivity index (χ0) is 12.2. The van der Waals surface area contributed by atoms with Gasteiger partial charge in [-0.05, 0) is 24.7 Å². The Morgan fingerprint density at radius 3 is 2.38 bits per heavy atom. The fourth-order valence-electron chi connectivity index (χ4n) is 1.35. The minimum atomic E-state index is -2.13. The summed E-state index contributed by atoms with van der Waals surface area (Å²) in [4.78, 5) is 11.7. The molecule has 0 fully saturated rings. The van der Waals surface area contributed by atoms with E-state index in [1.807, 2.05) is 50.3 Å². The molecule has 0 amide bonds. The molecule has 0 saturated heterocycles. The van der Waals surface area contributed by atoms with E-state index in [0.29, 0.717) is 12.0 Å². The number of carbonyl (C=O) groups excluding carboxylic acids is 1. The molecule has 1 rings (SSSR count). The zero-order valence-electron chi connectivity index (χ0n) is 10.1. The number of hydrogen-bond donors (Lipinski definition) is 0. The van der Waals surface area contributed by atoms with Gasteiger partial charge < -0.3 is 4.43 Å². The van der Waals surface area contributed by atoms with Crippen molar-refractivity contribution >= 4 is 19.5 Å². The van der Waals surface area contributed by atoms with Gasteiger partial charge in [0.05, 0.1) is 0 Å². The van der Waals surface area contributed by atoms with Crippen molar-refractivity contribution in [2.45, 2.75) is 26.4 Å². The first-order valence-electron chi connectivity index (χ1n) is 5.44. The molecular formula is C13H18O2Si. The van der Waals surface area contributed by atoms with E-state index < -0.39 is 8.32 Å². The Bertz CT molecular complexity index is 382. The molecule has 0 atom stereocenters. The van der Waals surface area contributed by atoms with Gasteiger partial charge in [-0.2, -0.15) is 0 Å². The average molecular weight is 234 g/mol. The molecule has 0 heterocycles. The Morgan fingerprint density at radius 2 is 1.88 bits per heavy atom. The molecule has 0 aliphatic heterocycles. The van der Waals surface area contributed by atoms with Crippen molar-refractivity contribution in [1.82, 2.24) is 0 Å². The first-order chi connectivity index (χ1) is 7.47. The van der Waals surface area contributed by atoms with E-state index in [4.69, 9.17) is 4.43 Å². The summed E-state index contributed by atoms with van der Waals surface area (Å²) in [6.07, 6.45) is 0.637. The quantitative estimate of drug-likeness (QED) is 0.591. The summed E-state index contributed by atoms with van der Waals surface area (Å²) in [5, 5.41) is 1.12. The SMILES string of the molecule is C=C(CC)C(=O)O[Si](C)(C)c1ccccc1. The maximum absolute atomic E-state index is 11.7. The minimum Gasteiger partial charge on any atom is -0.512 e. The summed E-state index contributed by atoms with van der Waals surface area (Å²) in [5.74, 6) is -0.261. The van der Waals surface area contributed by atoms with Crippen molar-refractivity contribution in [2.24, 2.45) is 0 Å². The summed E-state index contributed by atoms with van der Waals surface area (Å²) in [7, 11) is -2.13. The third kappa shape index (κ3) is 3.07. The molecule has 0 bridgehead atoms. The van der Waals surface area contributed by atoms with E-state index >= 15 is 0 Å². The maximum atomic E-state index is 11.7. The molecule has 0 aliphatic carbocycles. The van der Waals surface area contributed by atoms with Crippen molar-refractivity contribution in [3.63, 3.8) is 0 Å². The predicted molar refractivity (Wildman–Crippen MR) is 69.1 cm³/mol. The Hall–Kier alpha value is -1.35. The van der Waals surface area contributed by atoms with Crippen molar-refractivity contribution in [3.05, 3.63) is 42.5 Å². The van der Waals surface area contributed by atoms with Gasteiger partial charge in [0.15, 0.2) is 0 Å². The molecule has 0 radical (unpaired) electrons. The Balaban J connectivity index is 2.80. The predicted octanol–water partition coefficient (Wildman–Crippen LogP) is 2.61. The number of rotatable bonds is 4. The van der Waals surface area contributed by atoms with Crippen LogP contribution in [0.2, 0.25) is 13.1 Å². The standard InChI is InChI=1S/C13H18O2Si/c1-5-11(2)13(14)15-16(3,4)12-9-7-6-8-10-12/h6-10H,2,5H2,1,3-4H3. The lowest BCUT2D eigenvalue weighted by Gasteiger charge is -2.23.